The maximum absolute atomic E-state index is 11.2. The van der Waals surface area contributed by atoms with Gasteiger partial charge >= 0.3 is 12.0 Å². The van der Waals surface area contributed by atoms with Crippen LogP contribution < -0.4 is 11.1 Å². The highest BCUT2D eigenvalue weighted by molar-refractivity contribution is 5.94. The van der Waals surface area contributed by atoms with E-state index < -0.39 is 23.8 Å². The summed E-state index contributed by atoms with van der Waals surface area (Å²) in [7, 11) is 0. The molecule has 1 atom stereocenters. The first kappa shape index (κ1) is 14.4. The van der Waals surface area contributed by atoms with Crippen LogP contribution in [0.5, 0.6) is 0 Å². The van der Waals surface area contributed by atoms with Gasteiger partial charge in [-0.15, -0.1) is 0 Å². The highest BCUT2D eigenvalue weighted by Crippen LogP contribution is 1.99. The lowest BCUT2D eigenvalue weighted by molar-refractivity contribution is -0.142. The van der Waals surface area contributed by atoms with Gasteiger partial charge in [0.25, 0.3) is 0 Å². The van der Waals surface area contributed by atoms with Crippen LogP contribution in [0.4, 0.5) is 4.79 Å². The van der Waals surface area contributed by atoms with Gasteiger partial charge in [0.15, 0.2) is 0 Å². The molecule has 92 valence electrons. The fraction of sp³-hybridized carbons (Fsp3) is 0.667. The standard InChI is InChI=1S/C9H17N3O4/c1-3-12(4-6(2)8(14)15)5-7(13)11-9(10)16/h6H,3-5H2,1-2H3,(H,14,15)(H3,10,11,13,16). The molecular weight excluding hydrogens is 214 g/mol. The number of nitrogens with two attached hydrogens (primary N) is 1. The lowest BCUT2D eigenvalue weighted by Crippen LogP contribution is -2.43. The van der Waals surface area contributed by atoms with Crippen molar-refractivity contribution in [2.45, 2.75) is 13.8 Å². The molecule has 0 aromatic rings. The summed E-state index contributed by atoms with van der Waals surface area (Å²) in [4.78, 5) is 33.8. The van der Waals surface area contributed by atoms with Crippen LogP contribution >= 0.6 is 0 Å². The summed E-state index contributed by atoms with van der Waals surface area (Å²) in [6.07, 6.45) is 0. The van der Waals surface area contributed by atoms with E-state index in [0.29, 0.717) is 6.54 Å². The zero-order valence-electron chi connectivity index (χ0n) is 9.40. The summed E-state index contributed by atoms with van der Waals surface area (Å²) in [5.74, 6) is -2.03. The number of urea groups is 1. The Morgan fingerprint density at radius 1 is 1.44 bits per heavy atom. The Hall–Kier alpha value is -1.63. The predicted molar refractivity (Wildman–Crippen MR) is 56.6 cm³/mol. The molecule has 0 aromatic carbocycles. The van der Waals surface area contributed by atoms with Crippen molar-refractivity contribution in [2.75, 3.05) is 19.6 Å². The van der Waals surface area contributed by atoms with Gasteiger partial charge in [0, 0.05) is 6.54 Å². The van der Waals surface area contributed by atoms with Gasteiger partial charge in [-0.1, -0.05) is 13.8 Å². The van der Waals surface area contributed by atoms with E-state index in [0.717, 1.165) is 0 Å². The average Bonchev–Trinajstić information content (AvgIpc) is 2.14. The minimum Gasteiger partial charge on any atom is -0.481 e. The first-order valence-corrected chi connectivity index (χ1v) is 4.91. The molecule has 3 amide bonds. The molecule has 7 heteroatoms. The lowest BCUT2D eigenvalue weighted by atomic mass is 10.1. The van der Waals surface area contributed by atoms with Crippen molar-refractivity contribution >= 4 is 17.9 Å². The third-order valence-electron chi connectivity index (χ3n) is 2.03. The number of carboxylic acid groups (broad SMARTS) is 1. The zero-order valence-corrected chi connectivity index (χ0v) is 9.40. The Morgan fingerprint density at radius 2 is 2.00 bits per heavy atom. The monoisotopic (exact) mass is 231 g/mol. The molecule has 1 unspecified atom stereocenters. The van der Waals surface area contributed by atoms with Gasteiger partial charge < -0.3 is 10.8 Å². The Labute approximate surface area is 93.6 Å². The summed E-state index contributed by atoms with van der Waals surface area (Å²) in [5, 5.41) is 10.6. The van der Waals surface area contributed by atoms with E-state index in [-0.39, 0.29) is 13.1 Å². The Bertz CT molecular complexity index is 280. The van der Waals surface area contributed by atoms with Gasteiger partial charge in [0.2, 0.25) is 5.91 Å². The molecule has 0 aromatic heterocycles. The molecule has 0 spiro atoms. The molecule has 16 heavy (non-hydrogen) atoms. The molecule has 7 nitrogen and oxygen atoms in total. The predicted octanol–water partition coefficient (Wildman–Crippen LogP) is -0.776. The van der Waals surface area contributed by atoms with Crippen LogP contribution in [0.2, 0.25) is 0 Å². The second-order valence-corrected chi connectivity index (χ2v) is 3.48. The van der Waals surface area contributed by atoms with Crippen LogP contribution in [0, 0.1) is 5.92 Å². The molecular formula is C9H17N3O4. The van der Waals surface area contributed by atoms with Crippen LogP contribution in [-0.2, 0) is 9.59 Å². The number of amides is 3. The Kier molecular flexibility index (Phi) is 6.09. The topological polar surface area (TPSA) is 113 Å². The zero-order chi connectivity index (χ0) is 12.7. The smallest absolute Gasteiger partial charge is 0.318 e. The van der Waals surface area contributed by atoms with Gasteiger partial charge in [-0.3, -0.25) is 19.8 Å². The highest BCUT2D eigenvalue weighted by atomic mass is 16.4. The maximum Gasteiger partial charge on any atom is 0.318 e. The number of primary amides is 1. The van der Waals surface area contributed by atoms with Crippen LogP contribution in [-0.4, -0.2) is 47.5 Å². The van der Waals surface area contributed by atoms with Crippen molar-refractivity contribution in [1.29, 1.82) is 0 Å². The number of likely N-dealkylation sites (N-methyl/N-ethyl adjacent to an activating group) is 1. The van der Waals surface area contributed by atoms with Crippen LogP contribution in [0.1, 0.15) is 13.8 Å². The fourth-order valence-electron chi connectivity index (χ4n) is 1.15. The molecule has 0 heterocycles. The van der Waals surface area contributed by atoms with Crippen molar-refractivity contribution in [3.8, 4) is 0 Å². The van der Waals surface area contributed by atoms with Gasteiger partial charge in [-0.2, -0.15) is 0 Å². The van der Waals surface area contributed by atoms with Crippen LogP contribution in [0.15, 0.2) is 0 Å². The molecule has 4 N–H and O–H groups in total. The fourth-order valence-corrected chi connectivity index (χ4v) is 1.15. The van der Waals surface area contributed by atoms with E-state index in [1.54, 1.807) is 18.7 Å². The number of nitrogens with zero attached hydrogens (tertiary/aromatic N) is 1. The number of hydrogen-bond donors (Lipinski definition) is 3. The largest absolute Gasteiger partial charge is 0.481 e. The summed E-state index contributed by atoms with van der Waals surface area (Å²) >= 11 is 0. The molecule has 0 aliphatic carbocycles. The van der Waals surface area contributed by atoms with Crippen molar-refractivity contribution in [3.63, 3.8) is 0 Å². The highest BCUT2D eigenvalue weighted by Gasteiger charge is 2.17. The number of rotatable bonds is 6. The number of carbonyl (C=O) groups is 3. The molecule has 0 bridgehead atoms. The SMILES string of the molecule is CCN(CC(=O)NC(N)=O)CC(C)C(=O)O. The molecule has 0 radical (unpaired) electrons. The minimum atomic E-state index is -0.922. The summed E-state index contributed by atoms with van der Waals surface area (Å²) in [6, 6.07) is -0.910. The second-order valence-electron chi connectivity index (χ2n) is 3.48. The molecule has 0 aliphatic heterocycles. The minimum absolute atomic E-state index is 0.0446. The molecule has 0 rings (SSSR count). The van der Waals surface area contributed by atoms with E-state index in [4.69, 9.17) is 10.8 Å². The quantitative estimate of drug-likeness (QED) is 0.555. The second kappa shape index (κ2) is 6.78. The van der Waals surface area contributed by atoms with Crippen molar-refractivity contribution < 1.29 is 19.5 Å². The van der Waals surface area contributed by atoms with Crippen molar-refractivity contribution in [3.05, 3.63) is 0 Å². The van der Waals surface area contributed by atoms with Gasteiger partial charge in [-0.25, -0.2) is 4.79 Å². The van der Waals surface area contributed by atoms with Gasteiger partial charge in [0.1, 0.15) is 0 Å². The van der Waals surface area contributed by atoms with Crippen molar-refractivity contribution in [2.24, 2.45) is 11.7 Å². The van der Waals surface area contributed by atoms with Crippen molar-refractivity contribution in [1.82, 2.24) is 10.2 Å². The van der Waals surface area contributed by atoms with E-state index in [1.807, 2.05) is 5.32 Å². The Morgan fingerprint density at radius 3 is 2.38 bits per heavy atom. The molecule has 0 saturated carbocycles. The number of imide groups is 1. The third-order valence-corrected chi connectivity index (χ3v) is 2.03. The average molecular weight is 231 g/mol. The van der Waals surface area contributed by atoms with Gasteiger partial charge in [0.05, 0.1) is 12.5 Å². The third kappa shape index (κ3) is 5.97. The Balaban J connectivity index is 4.14. The molecule has 0 aliphatic rings. The normalized spacial score (nSPS) is 12.2. The first-order chi connectivity index (χ1) is 7.36. The summed E-state index contributed by atoms with van der Waals surface area (Å²) < 4.78 is 0. The van der Waals surface area contributed by atoms with E-state index in [9.17, 15) is 14.4 Å². The maximum atomic E-state index is 11.2. The van der Waals surface area contributed by atoms with E-state index in [1.165, 1.54) is 0 Å². The van der Waals surface area contributed by atoms with Crippen LogP contribution in [0.3, 0.4) is 0 Å². The molecule has 0 fully saturated rings. The first-order valence-electron chi connectivity index (χ1n) is 4.91. The number of aliphatic carboxylic acids is 1. The summed E-state index contributed by atoms with van der Waals surface area (Å²) in [5.41, 5.74) is 4.78. The number of carbonyl (C=O) groups excluding carboxylic acids is 2. The summed E-state index contributed by atoms with van der Waals surface area (Å²) in [6.45, 7) is 4.07. The number of nitrogens with one attached hydrogen (secondary N) is 1. The number of hydrogen-bond acceptors (Lipinski definition) is 4. The lowest BCUT2D eigenvalue weighted by Gasteiger charge is -2.21. The van der Waals surface area contributed by atoms with Gasteiger partial charge in [-0.05, 0) is 6.54 Å². The van der Waals surface area contributed by atoms with E-state index in [2.05, 4.69) is 0 Å². The van der Waals surface area contributed by atoms with E-state index >= 15 is 0 Å². The van der Waals surface area contributed by atoms with Crippen LogP contribution in [0.25, 0.3) is 0 Å². The number of carboxylic acids is 1. The molecule has 0 saturated heterocycles.